The lowest BCUT2D eigenvalue weighted by Crippen LogP contribution is -2.68. The maximum absolute atomic E-state index is 12.7. The Morgan fingerprint density at radius 1 is 1.05 bits per heavy atom. The number of hydrogen-bond acceptors (Lipinski definition) is 11. The first-order valence-electron chi connectivity index (χ1n) is 13.6. The van der Waals surface area contributed by atoms with Crippen molar-refractivity contribution in [3.05, 3.63) is 11.6 Å². The third-order valence-corrected chi connectivity index (χ3v) is 8.79. The van der Waals surface area contributed by atoms with E-state index in [4.69, 9.17) is 33.5 Å². The van der Waals surface area contributed by atoms with Crippen LogP contribution in [0.4, 0.5) is 0 Å². The van der Waals surface area contributed by atoms with E-state index in [1.807, 2.05) is 33.8 Å². The van der Waals surface area contributed by atoms with Crippen LogP contribution in [0.2, 0.25) is 0 Å². The van der Waals surface area contributed by atoms with E-state index in [0.717, 1.165) is 5.57 Å². The number of ether oxygens (including phenoxy) is 6. The molecular weight excluding hydrogens is 528 g/mol. The molecule has 1 N–H and O–H groups in total. The summed E-state index contributed by atoms with van der Waals surface area (Å²) < 4.78 is 35.8. The Labute approximate surface area is 232 Å². The summed E-state index contributed by atoms with van der Waals surface area (Å²) in [6.45, 7) is 10.0. The second kappa shape index (κ2) is 10.8. The zero-order valence-electron chi connectivity index (χ0n) is 23.7. The first kappa shape index (κ1) is 30.0. The molecule has 0 aromatic carbocycles. The number of esters is 4. The van der Waals surface area contributed by atoms with E-state index in [1.165, 1.54) is 13.8 Å². The van der Waals surface area contributed by atoms with Gasteiger partial charge in [0.25, 0.3) is 0 Å². The summed E-state index contributed by atoms with van der Waals surface area (Å²) >= 11 is 0. The maximum atomic E-state index is 12.7. The SMILES string of the molecule is CC(=O)OC[C@]12C[C@H](OC(=O)CC(C)C)C(C)=C[C@H]1O[C@@H]1[C@H](OC(=O)CCC(=O)O)[C@@H](OC(C)=O)[C@@]2(C)[C@]12CO2. The second-order valence-corrected chi connectivity index (χ2v) is 11.9. The number of carbonyl (C=O) groups is 5. The molecule has 12 heteroatoms. The van der Waals surface area contributed by atoms with Gasteiger partial charge < -0.3 is 33.5 Å². The van der Waals surface area contributed by atoms with Crippen LogP contribution in [0.5, 0.6) is 0 Å². The fraction of sp³-hybridized carbons (Fsp3) is 0.750. The number of epoxide rings is 1. The van der Waals surface area contributed by atoms with Crippen molar-refractivity contribution < 1.29 is 57.5 Å². The normalized spacial score (nSPS) is 37.3. The summed E-state index contributed by atoms with van der Waals surface area (Å²) in [7, 11) is 0. The quantitative estimate of drug-likeness (QED) is 0.177. The molecular formula is C28H38O12. The Kier molecular flexibility index (Phi) is 8.07. The lowest BCUT2D eigenvalue weighted by Gasteiger charge is -2.58. The van der Waals surface area contributed by atoms with Crippen molar-refractivity contribution in [2.75, 3.05) is 13.2 Å². The van der Waals surface area contributed by atoms with Gasteiger partial charge in [-0.1, -0.05) is 26.8 Å². The summed E-state index contributed by atoms with van der Waals surface area (Å²) in [6, 6.07) is 0. The summed E-state index contributed by atoms with van der Waals surface area (Å²) in [4.78, 5) is 61.0. The third-order valence-electron chi connectivity index (χ3n) is 8.79. The molecule has 2 heterocycles. The standard InChI is InChI=1S/C28H38O12/c1-14(2)9-22(34)38-18-11-27(12-35-16(4)29)19(10-15(18)3)39-25-23(40-21(33)8-7-20(31)32)24(37-17(5)30)26(27,6)28(25)13-36-28/h10,14,18-19,23-25H,7-9,11-13H2,1-6H3,(H,31,32)/t18-,19+,23+,24+,25+,26+,27+,28-/m0/s1. The lowest BCUT2D eigenvalue weighted by atomic mass is 9.51. The molecule has 2 saturated heterocycles. The van der Waals surface area contributed by atoms with Gasteiger partial charge in [-0.25, -0.2) is 0 Å². The molecule has 1 spiro atoms. The largest absolute Gasteiger partial charge is 0.481 e. The first-order chi connectivity index (χ1) is 18.7. The van der Waals surface area contributed by atoms with Gasteiger partial charge in [0.05, 0.1) is 36.4 Å². The molecule has 4 aliphatic rings. The molecule has 2 aliphatic carbocycles. The van der Waals surface area contributed by atoms with Gasteiger partial charge in [-0.3, -0.25) is 24.0 Å². The van der Waals surface area contributed by atoms with Gasteiger partial charge >= 0.3 is 29.8 Å². The molecule has 1 saturated carbocycles. The molecule has 3 fully saturated rings. The number of carboxylic acid groups (broad SMARTS) is 1. The van der Waals surface area contributed by atoms with E-state index in [2.05, 4.69) is 0 Å². The van der Waals surface area contributed by atoms with E-state index >= 15 is 0 Å². The van der Waals surface area contributed by atoms with Crippen LogP contribution < -0.4 is 0 Å². The predicted octanol–water partition coefficient (Wildman–Crippen LogP) is 2.11. The minimum atomic E-state index is -1.16. The molecule has 12 nitrogen and oxygen atoms in total. The maximum Gasteiger partial charge on any atom is 0.306 e. The highest BCUT2D eigenvalue weighted by atomic mass is 16.7. The molecule has 2 bridgehead atoms. The lowest BCUT2D eigenvalue weighted by molar-refractivity contribution is -0.241. The van der Waals surface area contributed by atoms with E-state index in [9.17, 15) is 24.0 Å². The van der Waals surface area contributed by atoms with Crippen molar-refractivity contribution in [1.82, 2.24) is 0 Å². The van der Waals surface area contributed by atoms with Gasteiger partial charge in [0.15, 0.2) is 12.2 Å². The monoisotopic (exact) mass is 566 g/mol. The fourth-order valence-corrected chi connectivity index (χ4v) is 6.77. The predicted molar refractivity (Wildman–Crippen MR) is 135 cm³/mol. The number of fused-ring (bicyclic) bond motifs is 2. The van der Waals surface area contributed by atoms with Crippen LogP contribution in [0.25, 0.3) is 0 Å². The third kappa shape index (κ3) is 5.00. The number of carbonyl (C=O) groups excluding carboxylic acids is 4. The molecule has 222 valence electrons. The molecule has 0 aromatic rings. The number of hydrogen-bond donors (Lipinski definition) is 1. The van der Waals surface area contributed by atoms with Gasteiger partial charge in [-0.2, -0.15) is 0 Å². The Balaban J connectivity index is 1.79. The molecule has 0 radical (unpaired) electrons. The molecule has 8 atom stereocenters. The average Bonchev–Trinajstić information content (AvgIpc) is 3.62. The van der Waals surface area contributed by atoms with Crippen LogP contribution in [0.15, 0.2) is 11.6 Å². The Bertz CT molecular complexity index is 1110. The smallest absolute Gasteiger partial charge is 0.306 e. The van der Waals surface area contributed by atoms with Crippen molar-refractivity contribution in [2.45, 2.75) is 103 Å². The van der Waals surface area contributed by atoms with Gasteiger partial charge in [0.2, 0.25) is 0 Å². The topological polar surface area (TPSA) is 164 Å². The zero-order valence-corrected chi connectivity index (χ0v) is 23.7. The highest BCUT2D eigenvalue weighted by Crippen LogP contribution is 2.72. The van der Waals surface area contributed by atoms with E-state index < -0.39 is 77.2 Å². The van der Waals surface area contributed by atoms with Crippen molar-refractivity contribution in [3.8, 4) is 0 Å². The van der Waals surface area contributed by atoms with Gasteiger partial charge in [0, 0.05) is 26.7 Å². The Morgan fingerprint density at radius 2 is 1.73 bits per heavy atom. The summed E-state index contributed by atoms with van der Waals surface area (Å²) in [5.74, 6) is -3.41. The molecule has 0 aromatic heterocycles. The van der Waals surface area contributed by atoms with Crippen LogP contribution in [-0.4, -0.2) is 84.3 Å². The Hall–Kier alpha value is -2.99. The summed E-state index contributed by atoms with van der Waals surface area (Å²) in [5, 5.41) is 9.01. The van der Waals surface area contributed by atoms with Crippen LogP contribution in [0, 0.1) is 16.7 Å². The van der Waals surface area contributed by atoms with Crippen LogP contribution in [-0.2, 0) is 52.4 Å². The number of rotatable bonds is 10. The van der Waals surface area contributed by atoms with Crippen LogP contribution in [0.1, 0.15) is 67.2 Å². The highest BCUT2D eigenvalue weighted by Gasteiger charge is 2.87. The van der Waals surface area contributed by atoms with E-state index in [0.29, 0.717) is 0 Å². The van der Waals surface area contributed by atoms with Crippen LogP contribution in [0.3, 0.4) is 0 Å². The average molecular weight is 567 g/mol. The van der Waals surface area contributed by atoms with Gasteiger partial charge in [0.1, 0.15) is 24.4 Å². The van der Waals surface area contributed by atoms with Crippen molar-refractivity contribution >= 4 is 29.8 Å². The van der Waals surface area contributed by atoms with E-state index in [1.54, 1.807) is 0 Å². The van der Waals surface area contributed by atoms with Crippen LogP contribution >= 0.6 is 0 Å². The Morgan fingerprint density at radius 3 is 2.27 bits per heavy atom. The van der Waals surface area contributed by atoms with Crippen molar-refractivity contribution in [2.24, 2.45) is 16.7 Å². The highest BCUT2D eigenvalue weighted by molar-refractivity contribution is 5.77. The summed E-state index contributed by atoms with van der Waals surface area (Å²) in [6.07, 6.45) is -3.04. The second-order valence-electron chi connectivity index (χ2n) is 11.9. The van der Waals surface area contributed by atoms with E-state index in [-0.39, 0.29) is 44.4 Å². The fourth-order valence-electron chi connectivity index (χ4n) is 6.77. The minimum Gasteiger partial charge on any atom is -0.481 e. The molecule has 0 amide bonds. The van der Waals surface area contributed by atoms with Gasteiger partial charge in [-0.15, -0.1) is 0 Å². The van der Waals surface area contributed by atoms with Crippen molar-refractivity contribution in [1.29, 1.82) is 0 Å². The zero-order chi connectivity index (χ0) is 29.6. The molecule has 40 heavy (non-hydrogen) atoms. The minimum absolute atomic E-state index is 0.0855. The summed E-state index contributed by atoms with van der Waals surface area (Å²) in [5.41, 5.74) is -2.56. The van der Waals surface area contributed by atoms with Crippen molar-refractivity contribution in [3.63, 3.8) is 0 Å². The number of aliphatic carboxylic acids is 1. The molecule has 0 unspecified atom stereocenters. The first-order valence-corrected chi connectivity index (χ1v) is 13.6. The molecule has 2 aliphatic heterocycles. The molecule has 4 rings (SSSR count). The number of carboxylic acids is 1. The van der Waals surface area contributed by atoms with Gasteiger partial charge in [-0.05, 0) is 18.4 Å².